The number of rotatable bonds is 9. The molecule has 0 aliphatic carbocycles. The molecule has 32 heavy (non-hydrogen) atoms. The number of hydrogen-bond acceptors (Lipinski definition) is 5. The number of methoxy groups -OCH3 is 2. The average molecular weight is 497 g/mol. The van der Waals surface area contributed by atoms with E-state index in [1.165, 1.54) is 7.11 Å². The smallest absolute Gasteiger partial charge is 0.330 e. The molecule has 6 nitrogen and oxygen atoms in total. The van der Waals surface area contributed by atoms with E-state index < -0.39 is 18.1 Å². The molecule has 0 spiro atoms. The van der Waals surface area contributed by atoms with Crippen molar-refractivity contribution in [2.75, 3.05) is 19.5 Å². The summed E-state index contributed by atoms with van der Waals surface area (Å²) in [6, 6.07) is 22.6. The molecule has 0 aliphatic rings. The molecule has 0 saturated carbocycles. The number of carbonyl (C=O) groups is 2. The second kappa shape index (κ2) is 11.3. The van der Waals surface area contributed by atoms with Crippen LogP contribution in [0.2, 0.25) is 0 Å². The number of ether oxygens (including phenoxy) is 2. The van der Waals surface area contributed by atoms with E-state index in [1.54, 1.807) is 43.5 Å². The van der Waals surface area contributed by atoms with Gasteiger partial charge in [0.1, 0.15) is 11.8 Å². The minimum atomic E-state index is -0.812. The molecule has 166 valence electrons. The van der Waals surface area contributed by atoms with Gasteiger partial charge in [-0.1, -0.05) is 46.3 Å². The Morgan fingerprint density at radius 1 is 0.906 bits per heavy atom. The molecule has 2 N–H and O–H groups in total. The van der Waals surface area contributed by atoms with Gasteiger partial charge in [-0.05, 0) is 60.5 Å². The van der Waals surface area contributed by atoms with Crippen LogP contribution in [0.5, 0.6) is 5.75 Å². The molecule has 0 radical (unpaired) electrons. The zero-order chi connectivity index (χ0) is 22.9. The number of nitrogens with one attached hydrogen (secondary N) is 2. The van der Waals surface area contributed by atoms with E-state index in [-0.39, 0.29) is 5.91 Å². The standard InChI is InChI=1S/C25H25BrN2O4/c1-31-21-14-12-20(13-15-21)27-23(25(30)32-2)22(16-17-6-4-3-5-7-17)28-24(29)18-8-10-19(26)11-9-18/h3-15,22-23,27H,16H2,1-2H3,(H,28,29)/t22-,23+/m0/s1. The van der Waals surface area contributed by atoms with Crippen molar-refractivity contribution >= 4 is 33.5 Å². The van der Waals surface area contributed by atoms with Crippen LogP contribution in [0.15, 0.2) is 83.3 Å². The first-order chi connectivity index (χ1) is 15.5. The molecule has 3 aromatic carbocycles. The zero-order valence-corrected chi connectivity index (χ0v) is 19.5. The van der Waals surface area contributed by atoms with Crippen LogP contribution >= 0.6 is 15.9 Å². The number of anilines is 1. The van der Waals surface area contributed by atoms with Crippen molar-refractivity contribution < 1.29 is 19.1 Å². The Balaban J connectivity index is 1.89. The SMILES string of the molecule is COC(=O)[C@H](Nc1ccc(OC)cc1)[C@H](Cc1ccccc1)NC(=O)c1ccc(Br)cc1. The fourth-order valence-electron chi connectivity index (χ4n) is 3.29. The van der Waals surface area contributed by atoms with E-state index in [0.29, 0.717) is 23.4 Å². The molecule has 0 aliphatic heterocycles. The first-order valence-electron chi connectivity index (χ1n) is 10.1. The van der Waals surface area contributed by atoms with Crippen molar-refractivity contribution in [3.63, 3.8) is 0 Å². The highest BCUT2D eigenvalue weighted by atomic mass is 79.9. The van der Waals surface area contributed by atoms with Gasteiger partial charge in [-0.25, -0.2) is 4.79 Å². The summed E-state index contributed by atoms with van der Waals surface area (Å²) in [5.41, 5.74) is 2.19. The number of halogens is 1. The van der Waals surface area contributed by atoms with E-state index in [9.17, 15) is 9.59 Å². The van der Waals surface area contributed by atoms with Crippen LogP contribution in [0.25, 0.3) is 0 Å². The maximum absolute atomic E-state index is 13.0. The van der Waals surface area contributed by atoms with E-state index in [0.717, 1.165) is 10.0 Å². The highest BCUT2D eigenvalue weighted by molar-refractivity contribution is 9.10. The minimum absolute atomic E-state index is 0.274. The number of carbonyl (C=O) groups excluding carboxylic acids is 2. The molecule has 0 bridgehead atoms. The van der Waals surface area contributed by atoms with Crippen molar-refractivity contribution in [2.45, 2.75) is 18.5 Å². The molecule has 3 rings (SSSR count). The maximum atomic E-state index is 13.0. The molecular weight excluding hydrogens is 472 g/mol. The van der Waals surface area contributed by atoms with Gasteiger partial charge in [-0.2, -0.15) is 0 Å². The largest absolute Gasteiger partial charge is 0.497 e. The van der Waals surface area contributed by atoms with Gasteiger partial charge in [-0.15, -0.1) is 0 Å². The summed E-state index contributed by atoms with van der Waals surface area (Å²) >= 11 is 3.38. The van der Waals surface area contributed by atoms with Crippen LogP contribution < -0.4 is 15.4 Å². The fraction of sp³-hybridized carbons (Fsp3) is 0.200. The lowest BCUT2D eigenvalue weighted by molar-refractivity contribution is -0.142. The molecule has 1 amide bonds. The summed E-state index contributed by atoms with van der Waals surface area (Å²) in [6.45, 7) is 0. The average Bonchev–Trinajstić information content (AvgIpc) is 2.83. The van der Waals surface area contributed by atoms with E-state index >= 15 is 0 Å². The number of hydrogen-bond donors (Lipinski definition) is 2. The third-order valence-corrected chi connectivity index (χ3v) is 5.52. The Bertz CT molecular complexity index is 1020. The Morgan fingerprint density at radius 3 is 2.16 bits per heavy atom. The highest BCUT2D eigenvalue weighted by Crippen LogP contribution is 2.19. The lowest BCUT2D eigenvalue weighted by Crippen LogP contribution is -2.52. The lowest BCUT2D eigenvalue weighted by Gasteiger charge is -2.28. The van der Waals surface area contributed by atoms with Gasteiger partial charge in [-0.3, -0.25) is 4.79 Å². The van der Waals surface area contributed by atoms with Crippen molar-refractivity contribution in [2.24, 2.45) is 0 Å². The van der Waals surface area contributed by atoms with E-state index in [1.807, 2.05) is 42.5 Å². The van der Waals surface area contributed by atoms with E-state index in [2.05, 4.69) is 26.6 Å². The van der Waals surface area contributed by atoms with Crippen LogP contribution in [0.3, 0.4) is 0 Å². The predicted octanol–water partition coefficient (Wildman–Crippen LogP) is 4.45. The molecule has 0 saturated heterocycles. The second-order valence-electron chi connectivity index (χ2n) is 7.15. The van der Waals surface area contributed by atoms with Crippen LogP contribution in [0.4, 0.5) is 5.69 Å². The van der Waals surface area contributed by atoms with Gasteiger partial charge < -0.3 is 20.1 Å². The second-order valence-corrected chi connectivity index (χ2v) is 8.07. The van der Waals surface area contributed by atoms with Crippen LogP contribution in [0, 0.1) is 0 Å². The molecule has 0 aromatic heterocycles. The highest BCUT2D eigenvalue weighted by Gasteiger charge is 2.31. The topological polar surface area (TPSA) is 76.7 Å². The molecular formula is C25H25BrN2O4. The first kappa shape index (κ1) is 23.3. The summed E-state index contributed by atoms with van der Waals surface area (Å²) in [6.07, 6.45) is 0.437. The third kappa shape index (κ3) is 6.34. The first-order valence-corrected chi connectivity index (χ1v) is 10.9. The number of benzene rings is 3. The monoisotopic (exact) mass is 496 g/mol. The van der Waals surface area contributed by atoms with E-state index in [4.69, 9.17) is 9.47 Å². The number of esters is 1. The maximum Gasteiger partial charge on any atom is 0.330 e. The van der Waals surface area contributed by atoms with Crippen LogP contribution in [0.1, 0.15) is 15.9 Å². The van der Waals surface area contributed by atoms with Crippen molar-refractivity contribution in [1.82, 2.24) is 5.32 Å². The van der Waals surface area contributed by atoms with Gasteiger partial charge in [0.2, 0.25) is 0 Å². The third-order valence-electron chi connectivity index (χ3n) is 4.99. The van der Waals surface area contributed by atoms with Crippen LogP contribution in [-0.4, -0.2) is 38.2 Å². The molecule has 7 heteroatoms. The summed E-state index contributed by atoms with van der Waals surface area (Å²) in [5.74, 6) is -0.0451. The summed E-state index contributed by atoms with van der Waals surface area (Å²) in [7, 11) is 2.92. The lowest BCUT2D eigenvalue weighted by atomic mass is 9.98. The Labute approximate surface area is 196 Å². The molecule has 0 heterocycles. The molecule has 0 fully saturated rings. The fourth-order valence-corrected chi connectivity index (χ4v) is 3.56. The predicted molar refractivity (Wildman–Crippen MR) is 128 cm³/mol. The molecule has 3 aromatic rings. The van der Waals surface area contributed by atoms with Gasteiger partial charge >= 0.3 is 5.97 Å². The van der Waals surface area contributed by atoms with Crippen molar-refractivity contribution in [1.29, 1.82) is 0 Å². The van der Waals surface area contributed by atoms with Crippen LogP contribution in [-0.2, 0) is 16.0 Å². The Morgan fingerprint density at radius 2 is 1.56 bits per heavy atom. The molecule has 0 unspecified atom stereocenters. The van der Waals surface area contributed by atoms with Crippen molar-refractivity contribution in [3.05, 3.63) is 94.5 Å². The number of amides is 1. The Kier molecular flexibility index (Phi) is 8.27. The van der Waals surface area contributed by atoms with Gasteiger partial charge in [0, 0.05) is 15.7 Å². The van der Waals surface area contributed by atoms with Gasteiger partial charge in [0.15, 0.2) is 0 Å². The quantitative estimate of drug-likeness (QED) is 0.428. The van der Waals surface area contributed by atoms with Gasteiger partial charge in [0.05, 0.1) is 20.3 Å². The minimum Gasteiger partial charge on any atom is -0.497 e. The normalized spacial score (nSPS) is 12.3. The summed E-state index contributed by atoms with van der Waals surface area (Å²) < 4.78 is 11.1. The zero-order valence-electron chi connectivity index (χ0n) is 17.9. The Hall–Kier alpha value is -3.32. The summed E-state index contributed by atoms with van der Waals surface area (Å²) in [5, 5.41) is 6.23. The van der Waals surface area contributed by atoms with Crippen molar-refractivity contribution in [3.8, 4) is 5.75 Å². The summed E-state index contributed by atoms with van der Waals surface area (Å²) in [4.78, 5) is 25.8. The van der Waals surface area contributed by atoms with Gasteiger partial charge in [0.25, 0.3) is 5.91 Å². The molecule has 2 atom stereocenters.